The van der Waals surface area contributed by atoms with Crippen molar-refractivity contribution >= 4 is 5.91 Å². The number of hydrogen-bond donors (Lipinski definition) is 0. The van der Waals surface area contributed by atoms with Gasteiger partial charge in [-0.2, -0.15) is 0 Å². The molecule has 1 unspecified atom stereocenters. The number of carbonyl (C=O) groups is 1. The highest BCUT2D eigenvalue weighted by Crippen LogP contribution is 2.41. The van der Waals surface area contributed by atoms with E-state index in [2.05, 4.69) is 0 Å². The normalized spacial score (nSPS) is 16.1. The first kappa shape index (κ1) is 18.9. The number of hydrogen-bond acceptors (Lipinski definition) is 5. The predicted molar refractivity (Wildman–Crippen MR) is 102 cm³/mol. The van der Waals surface area contributed by atoms with Crippen molar-refractivity contribution in [2.45, 2.75) is 18.9 Å². The molecule has 1 fully saturated rings. The molecule has 3 rings (SSSR count). The van der Waals surface area contributed by atoms with Crippen LogP contribution in [0.3, 0.4) is 0 Å². The summed E-state index contributed by atoms with van der Waals surface area (Å²) < 4.78 is 21.7. The molecule has 1 atom stereocenters. The van der Waals surface area contributed by atoms with Crippen molar-refractivity contribution in [1.82, 2.24) is 4.90 Å². The summed E-state index contributed by atoms with van der Waals surface area (Å²) in [6, 6.07) is 10.9. The molecule has 1 aliphatic rings. The van der Waals surface area contributed by atoms with Gasteiger partial charge in [-0.1, -0.05) is 6.07 Å². The van der Waals surface area contributed by atoms with Crippen LogP contribution in [-0.4, -0.2) is 45.8 Å². The third-order valence-electron chi connectivity index (χ3n) is 4.94. The monoisotopic (exact) mass is 371 g/mol. The van der Waals surface area contributed by atoms with E-state index in [9.17, 15) is 4.79 Å². The summed E-state index contributed by atoms with van der Waals surface area (Å²) in [5.41, 5.74) is 1.44. The van der Waals surface area contributed by atoms with Gasteiger partial charge in [0.2, 0.25) is 0 Å². The van der Waals surface area contributed by atoms with E-state index in [4.69, 9.17) is 18.9 Å². The predicted octanol–water partition coefficient (Wildman–Crippen LogP) is 3.70. The lowest BCUT2D eigenvalue weighted by molar-refractivity contribution is 0.0730. The van der Waals surface area contributed by atoms with E-state index in [1.54, 1.807) is 46.6 Å². The standard InChI is InChI=1S/C21H25NO5/c1-24-14-10-11-18(25-2)16(13-14)17-8-6-12-22(17)21(23)15-7-5-9-19(26-3)20(15)27-4/h5,7,9-11,13,17H,6,8,12H2,1-4H3. The number of likely N-dealkylation sites (tertiary alicyclic amines) is 1. The maximum atomic E-state index is 13.4. The van der Waals surface area contributed by atoms with Gasteiger partial charge in [-0.15, -0.1) is 0 Å². The Balaban J connectivity index is 1.99. The van der Waals surface area contributed by atoms with Crippen molar-refractivity contribution < 1.29 is 23.7 Å². The molecule has 6 heteroatoms. The Morgan fingerprint density at radius 3 is 2.41 bits per heavy atom. The van der Waals surface area contributed by atoms with Crippen molar-refractivity contribution in [1.29, 1.82) is 0 Å². The van der Waals surface area contributed by atoms with Crippen LogP contribution >= 0.6 is 0 Å². The summed E-state index contributed by atoms with van der Waals surface area (Å²) in [6.07, 6.45) is 1.78. The molecular formula is C21H25NO5. The molecule has 0 aromatic heterocycles. The molecule has 144 valence electrons. The number of benzene rings is 2. The second kappa shape index (κ2) is 8.20. The van der Waals surface area contributed by atoms with Gasteiger partial charge >= 0.3 is 0 Å². The summed E-state index contributed by atoms with van der Waals surface area (Å²) in [4.78, 5) is 15.2. The van der Waals surface area contributed by atoms with Gasteiger partial charge in [-0.25, -0.2) is 0 Å². The van der Waals surface area contributed by atoms with Gasteiger partial charge < -0.3 is 23.8 Å². The first-order valence-corrected chi connectivity index (χ1v) is 8.88. The molecule has 0 spiro atoms. The van der Waals surface area contributed by atoms with Crippen LogP contribution in [-0.2, 0) is 0 Å². The van der Waals surface area contributed by atoms with E-state index >= 15 is 0 Å². The second-order valence-electron chi connectivity index (χ2n) is 6.31. The first-order chi connectivity index (χ1) is 13.1. The average Bonchev–Trinajstić information content (AvgIpc) is 3.21. The Morgan fingerprint density at radius 1 is 0.963 bits per heavy atom. The number of nitrogens with zero attached hydrogens (tertiary/aromatic N) is 1. The number of methoxy groups -OCH3 is 4. The molecule has 6 nitrogen and oxygen atoms in total. The molecule has 1 heterocycles. The highest BCUT2D eigenvalue weighted by atomic mass is 16.5. The summed E-state index contributed by atoms with van der Waals surface area (Å²) in [5.74, 6) is 2.40. The van der Waals surface area contributed by atoms with Gasteiger partial charge in [0.25, 0.3) is 5.91 Å². The van der Waals surface area contributed by atoms with E-state index in [1.807, 2.05) is 23.1 Å². The Bertz CT molecular complexity index is 820. The van der Waals surface area contributed by atoms with Crippen LogP contribution in [0, 0.1) is 0 Å². The van der Waals surface area contributed by atoms with E-state index in [0.717, 1.165) is 29.9 Å². The molecule has 27 heavy (non-hydrogen) atoms. The van der Waals surface area contributed by atoms with Crippen LogP contribution in [0.15, 0.2) is 36.4 Å². The van der Waals surface area contributed by atoms with Crippen LogP contribution in [0.4, 0.5) is 0 Å². The molecule has 0 saturated carbocycles. The van der Waals surface area contributed by atoms with E-state index in [0.29, 0.717) is 23.6 Å². The second-order valence-corrected chi connectivity index (χ2v) is 6.31. The fourth-order valence-corrected chi connectivity index (χ4v) is 3.64. The smallest absolute Gasteiger partial charge is 0.258 e. The van der Waals surface area contributed by atoms with Crippen LogP contribution in [0.25, 0.3) is 0 Å². The van der Waals surface area contributed by atoms with Gasteiger partial charge in [-0.3, -0.25) is 4.79 Å². The molecule has 2 aromatic carbocycles. The highest BCUT2D eigenvalue weighted by molar-refractivity contribution is 5.98. The quantitative estimate of drug-likeness (QED) is 0.775. The Morgan fingerprint density at radius 2 is 1.74 bits per heavy atom. The lowest BCUT2D eigenvalue weighted by Crippen LogP contribution is -2.31. The molecule has 0 aliphatic carbocycles. The molecular weight excluding hydrogens is 346 g/mol. The summed E-state index contributed by atoms with van der Waals surface area (Å²) in [7, 11) is 6.37. The van der Waals surface area contributed by atoms with Crippen molar-refractivity contribution in [3.05, 3.63) is 47.5 Å². The summed E-state index contributed by atoms with van der Waals surface area (Å²) in [6.45, 7) is 0.671. The van der Waals surface area contributed by atoms with Gasteiger partial charge in [0.05, 0.1) is 40.0 Å². The maximum absolute atomic E-state index is 13.4. The molecule has 0 bridgehead atoms. The van der Waals surface area contributed by atoms with E-state index < -0.39 is 0 Å². The highest BCUT2D eigenvalue weighted by Gasteiger charge is 2.34. The zero-order valence-electron chi connectivity index (χ0n) is 16.2. The van der Waals surface area contributed by atoms with Crippen molar-refractivity contribution in [2.24, 2.45) is 0 Å². The molecule has 1 aliphatic heterocycles. The van der Waals surface area contributed by atoms with Gasteiger partial charge in [0.1, 0.15) is 11.5 Å². The van der Waals surface area contributed by atoms with Crippen LogP contribution in [0.1, 0.15) is 34.8 Å². The Kier molecular flexibility index (Phi) is 5.74. The fraction of sp³-hybridized carbons (Fsp3) is 0.381. The minimum absolute atomic E-state index is 0.0848. The fourth-order valence-electron chi connectivity index (χ4n) is 3.64. The molecule has 2 aromatic rings. The number of ether oxygens (including phenoxy) is 4. The molecule has 1 amide bonds. The van der Waals surface area contributed by atoms with Crippen LogP contribution < -0.4 is 18.9 Å². The Hall–Kier alpha value is -2.89. The lowest BCUT2D eigenvalue weighted by Gasteiger charge is -2.27. The summed E-state index contributed by atoms with van der Waals surface area (Å²) >= 11 is 0. The third kappa shape index (κ3) is 3.52. The number of amides is 1. The van der Waals surface area contributed by atoms with Crippen LogP contribution in [0.5, 0.6) is 23.0 Å². The topological polar surface area (TPSA) is 57.2 Å². The first-order valence-electron chi connectivity index (χ1n) is 8.88. The molecule has 1 saturated heterocycles. The number of rotatable bonds is 6. The lowest BCUT2D eigenvalue weighted by atomic mass is 10.0. The minimum atomic E-state index is -0.0851. The SMILES string of the molecule is COc1ccc(OC)c(C2CCCN2C(=O)c2cccc(OC)c2OC)c1. The summed E-state index contributed by atoms with van der Waals surface area (Å²) in [5, 5.41) is 0. The van der Waals surface area contributed by atoms with Crippen molar-refractivity contribution in [3.63, 3.8) is 0 Å². The third-order valence-corrected chi connectivity index (χ3v) is 4.94. The maximum Gasteiger partial charge on any atom is 0.258 e. The molecule has 0 radical (unpaired) electrons. The Labute approximate surface area is 159 Å². The van der Waals surface area contributed by atoms with Gasteiger partial charge in [0.15, 0.2) is 11.5 Å². The van der Waals surface area contributed by atoms with Crippen molar-refractivity contribution in [3.8, 4) is 23.0 Å². The minimum Gasteiger partial charge on any atom is -0.497 e. The number of para-hydroxylation sites is 1. The van der Waals surface area contributed by atoms with E-state index in [1.165, 1.54) is 0 Å². The van der Waals surface area contributed by atoms with Gasteiger partial charge in [0, 0.05) is 12.1 Å². The molecule has 0 N–H and O–H groups in total. The zero-order valence-corrected chi connectivity index (χ0v) is 16.2. The van der Waals surface area contributed by atoms with Gasteiger partial charge in [-0.05, 0) is 43.2 Å². The van der Waals surface area contributed by atoms with Crippen LogP contribution in [0.2, 0.25) is 0 Å². The largest absolute Gasteiger partial charge is 0.497 e. The zero-order chi connectivity index (χ0) is 19.4. The number of carbonyl (C=O) groups excluding carboxylic acids is 1. The van der Waals surface area contributed by atoms with Crippen molar-refractivity contribution in [2.75, 3.05) is 35.0 Å². The average molecular weight is 371 g/mol. The van der Waals surface area contributed by atoms with E-state index in [-0.39, 0.29) is 11.9 Å².